The monoisotopic (exact) mass is 901 g/mol. The molecular formula is C50H51N3O9S2. The Hall–Kier alpha value is -5.83. The SMILES string of the molecule is COc1cc2c(cc1OCc1cc(COc3cc4c(cc3C)C(=O)N3c5ccccc5C[C@H]3C(S(=O)(=O)OC)C4)cc(NC(=O)CC(C)(C)S)c1)CC[C@@H]1Cc3ccccc3N1C2=O. The third-order valence-corrected chi connectivity index (χ3v) is 14.5. The molecule has 5 aromatic carbocycles. The minimum absolute atomic E-state index is 0.0490. The number of ether oxygens (including phenoxy) is 3. The van der Waals surface area contributed by atoms with Crippen molar-refractivity contribution in [3.05, 3.63) is 141 Å². The van der Waals surface area contributed by atoms with E-state index in [9.17, 15) is 22.8 Å². The van der Waals surface area contributed by atoms with Crippen molar-refractivity contribution in [3.8, 4) is 17.2 Å². The number of carbonyl (C=O) groups excluding carboxylic acids is 3. The van der Waals surface area contributed by atoms with Crippen LogP contribution in [0.3, 0.4) is 0 Å². The molecule has 0 fully saturated rings. The van der Waals surface area contributed by atoms with Crippen molar-refractivity contribution in [3.63, 3.8) is 0 Å². The Morgan fingerprint density at radius 3 is 2.03 bits per heavy atom. The van der Waals surface area contributed by atoms with Gasteiger partial charge in [0, 0.05) is 45.4 Å². The molecule has 0 aliphatic carbocycles. The summed E-state index contributed by atoms with van der Waals surface area (Å²) < 4.78 is 50.2. The summed E-state index contributed by atoms with van der Waals surface area (Å²) in [6.07, 6.45) is 2.96. The second-order valence-electron chi connectivity index (χ2n) is 17.8. The number of hydrogen-bond donors (Lipinski definition) is 2. The number of anilines is 3. The highest BCUT2D eigenvalue weighted by Crippen LogP contribution is 2.43. The zero-order valence-corrected chi connectivity index (χ0v) is 38.2. The van der Waals surface area contributed by atoms with Crippen molar-refractivity contribution < 1.29 is 41.2 Å². The minimum atomic E-state index is -4.05. The summed E-state index contributed by atoms with van der Waals surface area (Å²) in [5.74, 6) is 0.888. The molecule has 9 rings (SSSR count). The van der Waals surface area contributed by atoms with Gasteiger partial charge < -0.3 is 29.3 Å². The number of benzene rings is 5. The predicted octanol–water partition coefficient (Wildman–Crippen LogP) is 8.19. The Bertz CT molecular complexity index is 2820. The average Bonchev–Trinajstić information content (AvgIpc) is 3.76. The van der Waals surface area contributed by atoms with Gasteiger partial charge in [-0.2, -0.15) is 21.0 Å². The van der Waals surface area contributed by atoms with Crippen LogP contribution in [0.15, 0.2) is 91.0 Å². The molecule has 5 aromatic rings. The van der Waals surface area contributed by atoms with Crippen LogP contribution in [0.4, 0.5) is 17.1 Å². The van der Waals surface area contributed by atoms with Gasteiger partial charge >= 0.3 is 0 Å². The van der Waals surface area contributed by atoms with Crippen molar-refractivity contribution >= 4 is 57.5 Å². The standard InChI is InChI=1S/C50H51N3O9S2/c1-29-16-38-35(24-46(64(57,58)60-5)42-21-34-11-7-9-13-41(34)53(42)49(38)56)23-43(29)61-27-30-17-31(19-36(18-30)51-47(54)26-50(2,3)63)28-62-45-22-32-14-15-37-20-33-10-6-8-12-40(33)52(37)48(55)39(32)25-44(45)59-4/h6-13,16-19,22-23,25,37,42,46,63H,14-15,20-21,24,26-28H2,1-5H3,(H,51,54)/t37-,42+,46?/m1/s1. The van der Waals surface area contributed by atoms with Crippen molar-refractivity contribution in [1.29, 1.82) is 0 Å². The van der Waals surface area contributed by atoms with Gasteiger partial charge in [0.2, 0.25) is 5.91 Å². The maximum absolute atomic E-state index is 14.3. The first-order chi connectivity index (χ1) is 30.6. The van der Waals surface area contributed by atoms with Crippen LogP contribution in [0.1, 0.15) is 86.3 Å². The van der Waals surface area contributed by atoms with Crippen LogP contribution in [0.2, 0.25) is 0 Å². The molecule has 0 spiro atoms. The topological polar surface area (TPSA) is 141 Å². The quantitative estimate of drug-likeness (QED) is 0.0937. The predicted molar refractivity (Wildman–Crippen MR) is 249 cm³/mol. The van der Waals surface area contributed by atoms with Gasteiger partial charge in [0.25, 0.3) is 21.9 Å². The number of nitrogens with zero attached hydrogens (tertiary/aromatic N) is 2. The molecular weight excluding hydrogens is 851 g/mol. The van der Waals surface area contributed by atoms with E-state index in [4.69, 9.17) is 18.4 Å². The summed E-state index contributed by atoms with van der Waals surface area (Å²) in [7, 11) is -1.35. The molecule has 0 bridgehead atoms. The lowest BCUT2D eigenvalue weighted by Gasteiger charge is -2.28. The van der Waals surface area contributed by atoms with Crippen molar-refractivity contribution in [2.24, 2.45) is 0 Å². The summed E-state index contributed by atoms with van der Waals surface area (Å²) >= 11 is 4.56. The molecule has 4 aliphatic heterocycles. The second-order valence-corrected chi connectivity index (χ2v) is 20.9. The van der Waals surface area contributed by atoms with E-state index in [0.717, 1.165) is 47.9 Å². The molecule has 0 radical (unpaired) electrons. The number of thiol groups is 1. The normalized spacial score (nSPS) is 18.8. The fourth-order valence-electron chi connectivity index (χ4n) is 9.75. The van der Waals surface area contributed by atoms with Gasteiger partial charge in [0.05, 0.1) is 20.3 Å². The van der Waals surface area contributed by atoms with Crippen molar-refractivity contribution in [2.75, 3.05) is 29.3 Å². The lowest BCUT2D eigenvalue weighted by atomic mass is 9.97. The summed E-state index contributed by atoms with van der Waals surface area (Å²) in [4.78, 5) is 45.1. The average molecular weight is 902 g/mol. The maximum atomic E-state index is 14.3. The Morgan fingerprint density at radius 1 is 0.750 bits per heavy atom. The number of methoxy groups -OCH3 is 1. The summed E-state index contributed by atoms with van der Waals surface area (Å²) in [5.41, 5.74) is 8.92. The van der Waals surface area contributed by atoms with Crippen LogP contribution < -0.4 is 29.3 Å². The lowest BCUT2D eigenvalue weighted by Crippen LogP contribution is -2.47. The first-order valence-electron chi connectivity index (χ1n) is 21.5. The van der Waals surface area contributed by atoms with Crippen molar-refractivity contribution in [1.82, 2.24) is 0 Å². The Morgan fingerprint density at radius 2 is 1.36 bits per heavy atom. The van der Waals surface area contributed by atoms with Crippen LogP contribution in [-0.2, 0) is 58.0 Å². The molecule has 0 saturated carbocycles. The zero-order chi connectivity index (χ0) is 45.1. The van der Waals surface area contributed by atoms with E-state index >= 15 is 0 Å². The molecule has 3 atom stereocenters. The number of aryl methyl sites for hydroxylation is 2. The Balaban J connectivity index is 0.988. The maximum Gasteiger partial charge on any atom is 0.272 e. The van der Waals surface area contributed by atoms with Gasteiger partial charge in [-0.25, -0.2) is 0 Å². The highest BCUT2D eigenvalue weighted by Gasteiger charge is 2.47. The van der Waals surface area contributed by atoms with Crippen LogP contribution in [-0.4, -0.2) is 62.4 Å². The van der Waals surface area contributed by atoms with E-state index in [0.29, 0.717) is 63.7 Å². The van der Waals surface area contributed by atoms with Gasteiger partial charge in [0.1, 0.15) is 24.2 Å². The first-order valence-corrected chi connectivity index (χ1v) is 23.4. The van der Waals surface area contributed by atoms with E-state index < -0.39 is 26.2 Å². The third kappa shape index (κ3) is 8.34. The number of carbonyl (C=O) groups is 3. The number of hydrogen-bond acceptors (Lipinski definition) is 10. The molecule has 4 heterocycles. The minimum Gasteiger partial charge on any atom is -0.493 e. The number of nitrogens with one attached hydrogen (secondary N) is 1. The van der Waals surface area contributed by atoms with Gasteiger partial charge in [-0.05, 0) is 133 Å². The smallest absolute Gasteiger partial charge is 0.272 e. The Kier molecular flexibility index (Phi) is 11.5. The number of amides is 3. The highest BCUT2D eigenvalue weighted by molar-refractivity contribution is 7.87. The molecule has 3 amide bonds. The third-order valence-electron chi connectivity index (χ3n) is 12.7. The number of fused-ring (bicyclic) bond motifs is 8. The second kappa shape index (κ2) is 16.9. The van der Waals surface area contributed by atoms with E-state index in [1.54, 1.807) is 30.2 Å². The molecule has 0 aromatic heterocycles. The summed E-state index contributed by atoms with van der Waals surface area (Å²) in [6, 6.07) is 27.8. The molecule has 1 N–H and O–H groups in total. The van der Waals surface area contributed by atoms with Gasteiger partial charge in [-0.1, -0.05) is 50.2 Å². The van der Waals surface area contributed by atoms with E-state index in [-0.39, 0.29) is 49.8 Å². The van der Waals surface area contributed by atoms with E-state index in [2.05, 4.69) is 24.0 Å². The number of rotatable bonds is 12. The lowest BCUT2D eigenvalue weighted by molar-refractivity contribution is -0.116. The molecule has 1 unspecified atom stereocenters. The molecule has 4 aliphatic rings. The first kappa shape index (κ1) is 43.4. The Labute approximate surface area is 379 Å². The highest BCUT2D eigenvalue weighted by atomic mass is 32.2. The summed E-state index contributed by atoms with van der Waals surface area (Å²) in [6.45, 7) is 5.78. The van der Waals surface area contributed by atoms with E-state index in [1.165, 1.54) is 5.56 Å². The van der Waals surface area contributed by atoms with E-state index in [1.807, 2.05) is 92.4 Å². The fraction of sp³-hybridized carbons (Fsp3) is 0.340. The molecule has 0 saturated heterocycles. The largest absolute Gasteiger partial charge is 0.493 e. The van der Waals surface area contributed by atoms with Gasteiger partial charge in [-0.15, -0.1) is 0 Å². The molecule has 12 nitrogen and oxygen atoms in total. The van der Waals surface area contributed by atoms with Crippen LogP contribution in [0, 0.1) is 6.92 Å². The molecule has 14 heteroatoms. The van der Waals surface area contributed by atoms with Crippen molar-refractivity contribution in [2.45, 2.75) is 94.6 Å². The molecule has 332 valence electrons. The zero-order valence-electron chi connectivity index (χ0n) is 36.5. The van der Waals surface area contributed by atoms with Crippen LogP contribution >= 0.6 is 12.6 Å². The van der Waals surface area contributed by atoms with Crippen LogP contribution in [0.25, 0.3) is 0 Å². The van der Waals surface area contributed by atoms with Crippen LogP contribution in [0.5, 0.6) is 17.2 Å². The van der Waals surface area contributed by atoms with Gasteiger partial charge in [-0.3, -0.25) is 18.6 Å². The van der Waals surface area contributed by atoms with Gasteiger partial charge in [0.15, 0.2) is 11.5 Å². The fourth-order valence-corrected chi connectivity index (χ4v) is 11.1. The number of para-hydroxylation sites is 2. The summed E-state index contributed by atoms with van der Waals surface area (Å²) in [5, 5.41) is 2.01. The molecule has 64 heavy (non-hydrogen) atoms.